The molecule has 1 aliphatic carbocycles. The van der Waals surface area contributed by atoms with Crippen molar-refractivity contribution in [2.75, 3.05) is 13.6 Å². The Hall–Kier alpha value is -0.120. The van der Waals surface area contributed by atoms with Crippen LogP contribution in [0.2, 0.25) is 0 Å². The van der Waals surface area contributed by atoms with Crippen molar-refractivity contribution in [2.24, 2.45) is 5.73 Å². The van der Waals surface area contributed by atoms with Crippen molar-refractivity contribution in [3.8, 4) is 0 Å². The van der Waals surface area contributed by atoms with Gasteiger partial charge in [0.25, 0.3) is 0 Å². The molecule has 1 saturated carbocycles. The number of nitrogens with zero attached hydrogens (tertiary/aromatic N) is 1. The summed E-state index contributed by atoms with van der Waals surface area (Å²) in [6.45, 7) is 5.13. The van der Waals surface area contributed by atoms with Crippen molar-refractivity contribution < 1.29 is 4.74 Å². The zero-order chi connectivity index (χ0) is 10.3. The summed E-state index contributed by atoms with van der Waals surface area (Å²) in [4.78, 5) is 2.47. The molecule has 1 heterocycles. The summed E-state index contributed by atoms with van der Waals surface area (Å²) in [6, 6.07) is 0.566. The Bertz CT molecular complexity index is 215. The highest BCUT2D eigenvalue weighted by molar-refractivity contribution is 5.07. The lowest BCUT2D eigenvalue weighted by Gasteiger charge is -2.34. The highest BCUT2D eigenvalue weighted by atomic mass is 16.5. The summed E-state index contributed by atoms with van der Waals surface area (Å²) >= 11 is 0. The van der Waals surface area contributed by atoms with Crippen LogP contribution in [0, 0.1) is 0 Å². The van der Waals surface area contributed by atoms with E-state index in [-0.39, 0.29) is 0 Å². The standard InChI is InChI=1S/C11H22N2O/c1-8-6-10(9(2)14-8)13(3)11(7-12)4-5-11/h8-10H,4-7,12H2,1-3H3. The average Bonchev–Trinajstić information content (AvgIpc) is 2.87. The predicted molar refractivity (Wildman–Crippen MR) is 57.2 cm³/mol. The third kappa shape index (κ3) is 1.58. The Labute approximate surface area is 86.6 Å². The second kappa shape index (κ2) is 3.47. The first-order valence-electron chi connectivity index (χ1n) is 5.67. The van der Waals surface area contributed by atoms with Crippen molar-refractivity contribution in [2.45, 2.75) is 56.9 Å². The van der Waals surface area contributed by atoms with Gasteiger partial charge in [-0.2, -0.15) is 0 Å². The molecule has 3 atom stereocenters. The van der Waals surface area contributed by atoms with Gasteiger partial charge in [-0.3, -0.25) is 4.90 Å². The molecule has 0 radical (unpaired) electrons. The van der Waals surface area contributed by atoms with E-state index in [1.54, 1.807) is 0 Å². The smallest absolute Gasteiger partial charge is 0.0706 e. The van der Waals surface area contributed by atoms with Gasteiger partial charge in [0.2, 0.25) is 0 Å². The van der Waals surface area contributed by atoms with Crippen LogP contribution in [0.4, 0.5) is 0 Å². The van der Waals surface area contributed by atoms with Gasteiger partial charge >= 0.3 is 0 Å². The van der Waals surface area contributed by atoms with E-state index in [0.29, 0.717) is 23.8 Å². The minimum Gasteiger partial charge on any atom is -0.374 e. The summed E-state index contributed by atoms with van der Waals surface area (Å²) in [7, 11) is 2.21. The van der Waals surface area contributed by atoms with E-state index in [1.165, 1.54) is 12.8 Å². The van der Waals surface area contributed by atoms with E-state index < -0.39 is 0 Å². The quantitative estimate of drug-likeness (QED) is 0.734. The molecule has 0 aromatic heterocycles. The van der Waals surface area contributed by atoms with Gasteiger partial charge in [-0.1, -0.05) is 0 Å². The van der Waals surface area contributed by atoms with Crippen LogP contribution in [0.3, 0.4) is 0 Å². The van der Waals surface area contributed by atoms with E-state index in [2.05, 4.69) is 25.8 Å². The lowest BCUT2D eigenvalue weighted by Crippen LogP contribution is -2.48. The monoisotopic (exact) mass is 198 g/mol. The van der Waals surface area contributed by atoms with Crippen LogP contribution in [0.25, 0.3) is 0 Å². The van der Waals surface area contributed by atoms with Crippen molar-refractivity contribution >= 4 is 0 Å². The molecule has 0 bridgehead atoms. The molecule has 1 aliphatic heterocycles. The summed E-state index contributed by atoms with van der Waals surface area (Å²) in [5.74, 6) is 0. The zero-order valence-electron chi connectivity index (χ0n) is 9.49. The molecular formula is C11H22N2O. The normalized spacial score (nSPS) is 40.5. The molecular weight excluding hydrogens is 176 g/mol. The fourth-order valence-electron chi connectivity index (χ4n) is 2.71. The first kappa shape index (κ1) is 10.4. The molecule has 0 amide bonds. The molecule has 14 heavy (non-hydrogen) atoms. The van der Waals surface area contributed by atoms with Crippen LogP contribution in [0.1, 0.15) is 33.1 Å². The van der Waals surface area contributed by atoms with Crippen molar-refractivity contribution in [3.05, 3.63) is 0 Å². The van der Waals surface area contributed by atoms with Crippen molar-refractivity contribution in [1.82, 2.24) is 4.90 Å². The molecule has 82 valence electrons. The molecule has 3 nitrogen and oxygen atoms in total. The summed E-state index contributed by atoms with van der Waals surface area (Å²) in [5, 5.41) is 0. The summed E-state index contributed by atoms with van der Waals surface area (Å²) in [6.07, 6.45) is 4.44. The number of nitrogens with two attached hydrogens (primary N) is 1. The van der Waals surface area contributed by atoms with Crippen LogP contribution in [-0.4, -0.2) is 42.3 Å². The van der Waals surface area contributed by atoms with E-state index >= 15 is 0 Å². The van der Waals surface area contributed by atoms with Gasteiger partial charge in [0.05, 0.1) is 12.2 Å². The summed E-state index contributed by atoms with van der Waals surface area (Å²) < 4.78 is 5.78. The lowest BCUT2D eigenvalue weighted by atomic mass is 10.0. The Morgan fingerprint density at radius 2 is 2.07 bits per heavy atom. The molecule has 2 fully saturated rings. The van der Waals surface area contributed by atoms with E-state index in [4.69, 9.17) is 10.5 Å². The number of likely N-dealkylation sites (N-methyl/N-ethyl adjacent to an activating group) is 1. The molecule has 2 aliphatic rings. The van der Waals surface area contributed by atoms with Crippen LogP contribution in [0.15, 0.2) is 0 Å². The SMILES string of the molecule is CC1CC(N(C)C2(CN)CC2)C(C)O1. The van der Waals surface area contributed by atoms with E-state index in [0.717, 1.165) is 13.0 Å². The predicted octanol–water partition coefficient (Wildman–Crippen LogP) is 0.975. The largest absolute Gasteiger partial charge is 0.374 e. The van der Waals surface area contributed by atoms with E-state index in [1.807, 2.05) is 0 Å². The van der Waals surface area contributed by atoms with Gasteiger partial charge < -0.3 is 10.5 Å². The van der Waals surface area contributed by atoms with Gasteiger partial charge in [0.15, 0.2) is 0 Å². The number of hydrogen-bond donors (Lipinski definition) is 1. The minimum absolute atomic E-state index is 0.312. The zero-order valence-corrected chi connectivity index (χ0v) is 9.49. The highest BCUT2D eigenvalue weighted by Crippen LogP contribution is 2.43. The highest BCUT2D eigenvalue weighted by Gasteiger charge is 2.49. The number of rotatable bonds is 3. The molecule has 2 rings (SSSR count). The summed E-state index contributed by atoms with van der Waals surface area (Å²) in [5.41, 5.74) is 6.15. The van der Waals surface area contributed by atoms with Gasteiger partial charge in [0.1, 0.15) is 0 Å². The minimum atomic E-state index is 0.312. The molecule has 0 aromatic rings. The molecule has 3 heteroatoms. The third-order valence-electron chi connectivity index (χ3n) is 4.02. The average molecular weight is 198 g/mol. The lowest BCUT2D eigenvalue weighted by molar-refractivity contribution is 0.0351. The maximum atomic E-state index is 5.83. The van der Waals surface area contributed by atoms with Crippen molar-refractivity contribution in [3.63, 3.8) is 0 Å². The van der Waals surface area contributed by atoms with Crippen molar-refractivity contribution in [1.29, 1.82) is 0 Å². The van der Waals surface area contributed by atoms with Gasteiger partial charge in [0, 0.05) is 18.1 Å². The first-order valence-corrected chi connectivity index (χ1v) is 5.67. The maximum absolute atomic E-state index is 5.83. The van der Waals surface area contributed by atoms with Gasteiger partial charge in [-0.05, 0) is 40.2 Å². The van der Waals surface area contributed by atoms with Crippen LogP contribution < -0.4 is 5.73 Å². The Kier molecular flexibility index (Phi) is 2.58. The second-order valence-corrected chi connectivity index (χ2v) is 4.99. The molecule has 0 spiro atoms. The fourth-order valence-corrected chi connectivity index (χ4v) is 2.71. The van der Waals surface area contributed by atoms with Crippen LogP contribution in [0.5, 0.6) is 0 Å². The Balaban J connectivity index is 2.01. The topological polar surface area (TPSA) is 38.5 Å². The molecule has 0 aromatic carbocycles. The van der Waals surface area contributed by atoms with E-state index in [9.17, 15) is 0 Å². The maximum Gasteiger partial charge on any atom is 0.0706 e. The van der Waals surface area contributed by atoms with Crippen LogP contribution >= 0.6 is 0 Å². The third-order valence-corrected chi connectivity index (χ3v) is 4.02. The molecule has 3 unspecified atom stereocenters. The van der Waals surface area contributed by atoms with Gasteiger partial charge in [-0.25, -0.2) is 0 Å². The Morgan fingerprint density at radius 3 is 2.43 bits per heavy atom. The second-order valence-electron chi connectivity index (χ2n) is 4.99. The first-order chi connectivity index (χ1) is 6.59. The number of hydrogen-bond acceptors (Lipinski definition) is 3. The fraction of sp³-hybridized carbons (Fsp3) is 1.00. The van der Waals surface area contributed by atoms with Crippen LogP contribution in [-0.2, 0) is 4.74 Å². The van der Waals surface area contributed by atoms with Gasteiger partial charge in [-0.15, -0.1) is 0 Å². The molecule has 1 saturated heterocycles. The number of ether oxygens (including phenoxy) is 1. The Morgan fingerprint density at radius 1 is 1.43 bits per heavy atom. The molecule has 2 N–H and O–H groups in total.